The number of hydrogen-bond donors (Lipinski definition) is 1. The zero-order valence-corrected chi connectivity index (χ0v) is 14.9. The molecule has 0 saturated carbocycles. The van der Waals surface area contributed by atoms with Crippen LogP contribution in [0.4, 0.5) is 14.5 Å². The predicted molar refractivity (Wildman–Crippen MR) is 100 cm³/mol. The number of carbonyl (C=O) groups is 1. The van der Waals surface area contributed by atoms with E-state index in [-0.39, 0.29) is 23.2 Å². The first-order valence-electron chi connectivity index (χ1n) is 8.60. The Morgan fingerprint density at radius 3 is 2.74 bits per heavy atom. The molecule has 1 aromatic heterocycles. The number of nitrogens with zero attached hydrogens (tertiary/aromatic N) is 3. The average molecular weight is 370 g/mol. The molecule has 140 valence electrons. The van der Waals surface area contributed by atoms with Gasteiger partial charge in [0.15, 0.2) is 5.69 Å². The maximum atomic E-state index is 13.7. The van der Waals surface area contributed by atoms with Gasteiger partial charge in [-0.15, -0.1) is 0 Å². The number of nitrogens with one attached hydrogen (secondary N) is 1. The van der Waals surface area contributed by atoms with E-state index in [0.717, 1.165) is 0 Å². The molecule has 7 heteroatoms. The van der Waals surface area contributed by atoms with Crippen LogP contribution in [0.3, 0.4) is 0 Å². The molecule has 0 atom stereocenters. The molecule has 0 radical (unpaired) electrons. The Balaban J connectivity index is 1.49. The number of rotatable bonds is 7. The highest BCUT2D eigenvalue weighted by atomic mass is 19.1. The minimum atomic E-state index is -0.368. The van der Waals surface area contributed by atoms with Gasteiger partial charge in [-0.1, -0.05) is 18.2 Å². The Bertz CT molecular complexity index is 926. The normalized spacial score (nSPS) is 10.6. The van der Waals surface area contributed by atoms with Crippen LogP contribution >= 0.6 is 0 Å². The van der Waals surface area contributed by atoms with Gasteiger partial charge in [-0.05, 0) is 42.8 Å². The molecule has 3 rings (SSSR count). The lowest BCUT2D eigenvalue weighted by Crippen LogP contribution is -2.28. The monoisotopic (exact) mass is 370 g/mol. The molecule has 0 saturated heterocycles. The van der Waals surface area contributed by atoms with Gasteiger partial charge in [-0.25, -0.2) is 13.5 Å². The minimum absolute atomic E-state index is 0.252. The number of anilines is 1. The van der Waals surface area contributed by atoms with E-state index in [0.29, 0.717) is 30.9 Å². The number of halogens is 2. The molecule has 2 aromatic carbocycles. The van der Waals surface area contributed by atoms with E-state index < -0.39 is 0 Å². The molecule has 1 amide bonds. The van der Waals surface area contributed by atoms with E-state index in [9.17, 15) is 13.6 Å². The zero-order valence-electron chi connectivity index (χ0n) is 14.9. The summed E-state index contributed by atoms with van der Waals surface area (Å²) >= 11 is 0. The molecule has 1 heterocycles. The van der Waals surface area contributed by atoms with Crippen LogP contribution in [0.15, 0.2) is 60.8 Å². The van der Waals surface area contributed by atoms with Crippen molar-refractivity contribution in [2.75, 3.05) is 25.0 Å². The summed E-state index contributed by atoms with van der Waals surface area (Å²) in [6.07, 6.45) is 2.26. The van der Waals surface area contributed by atoms with E-state index in [1.54, 1.807) is 54.5 Å². The summed E-state index contributed by atoms with van der Waals surface area (Å²) < 4.78 is 28.5. The Hall–Kier alpha value is -3.22. The first-order chi connectivity index (χ1) is 13.0. The van der Waals surface area contributed by atoms with Gasteiger partial charge in [0, 0.05) is 26.3 Å². The summed E-state index contributed by atoms with van der Waals surface area (Å²) in [7, 11) is 1.81. The number of hydrogen-bond acceptors (Lipinski definition) is 3. The number of carbonyl (C=O) groups excluding carboxylic acids is 1. The van der Waals surface area contributed by atoms with Gasteiger partial charge in [-0.3, -0.25) is 4.79 Å². The second-order valence-electron chi connectivity index (χ2n) is 6.11. The summed E-state index contributed by atoms with van der Waals surface area (Å²) in [4.78, 5) is 14.0. The van der Waals surface area contributed by atoms with Gasteiger partial charge < -0.3 is 10.2 Å². The lowest BCUT2D eigenvalue weighted by atomic mass is 10.2. The molecule has 3 aromatic rings. The highest BCUT2D eigenvalue weighted by Gasteiger charge is 2.11. The Morgan fingerprint density at radius 2 is 1.96 bits per heavy atom. The van der Waals surface area contributed by atoms with Gasteiger partial charge in [0.05, 0.1) is 11.4 Å². The average Bonchev–Trinajstić information content (AvgIpc) is 3.15. The number of aromatic nitrogens is 2. The minimum Gasteiger partial charge on any atom is -0.372 e. The van der Waals surface area contributed by atoms with Crippen molar-refractivity contribution in [1.29, 1.82) is 0 Å². The van der Waals surface area contributed by atoms with E-state index in [2.05, 4.69) is 10.4 Å². The van der Waals surface area contributed by atoms with Crippen LogP contribution < -0.4 is 10.2 Å². The fraction of sp³-hybridized carbons (Fsp3) is 0.200. The summed E-state index contributed by atoms with van der Waals surface area (Å²) in [6, 6.07) is 14.1. The van der Waals surface area contributed by atoms with E-state index >= 15 is 0 Å². The number of para-hydroxylation sites is 1. The third kappa shape index (κ3) is 4.69. The van der Waals surface area contributed by atoms with Crippen molar-refractivity contribution in [3.63, 3.8) is 0 Å². The fourth-order valence-electron chi connectivity index (χ4n) is 2.70. The molecular weight excluding hydrogens is 350 g/mol. The molecule has 5 nitrogen and oxygen atoms in total. The topological polar surface area (TPSA) is 50.2 Å². The van der Waals surface area contributed by atoms with Crippen LogP contribution in [0.25, 0.3) is 5.69 Å². The first-order valence-corrected chi connectivity index (χ1v) is 8.60. The summed E-state index contributed by atoms with van der Waals surface area (Å²) in [6.45, 7) is 1.03. The molecule has 0 spiro atoms. The van der Waals surface area contributed by atoms with Gasteiger partial charge >= 0.3 is 0 Å². The molecule has 0 aliphatic heterocycles. The Labute approximate surface area is 156 Å². The SMILES string of the molecule is CN(CCCNC(=O)c1ccn(-c2cccc(F)c2)n1)c1ccccc1F. The Kier molecular flexibility index (Phi) is 5.80. The van der Waals surface area contributed by atoms with Crippen molar-refractivity contribution in [3.05, 3.63) is 78.1 Å². The fourth-order valence-corrected chi connectivity index (χ4v) is 2.70. The van der Waals surface area contributed by atoms with Crippen molar-refractivity contribution in [3.8, 4) is 5.69 Å². The van der Waals surface area contributed by atoms with Crippen LogP contribution in [0, 0.1) is 11.6 Å². The lowest BCUT2D eigenvalue weighted by Gasteiger charge is -2.19. The van der Waals surface area contributed by atoms with Crippen molar-refractivity contribution < 1.29 is 13.6 Å². The Morgan fingerprint density at radius 1 is 1.15 bits per heavy atom. The lowest BCUT2D eigenvalue weighted by molar-refractivity contribution is 0.0948. The van der Waals surface area contributed by atoms with Crippen LogP contribution in [0.2, 0.25) is 0 Å². The second kappa shape index (κ2) is 8.44. The maximum Gasteiger partial charge on any atom is 0.271 e. The molecule has 0 fully saturated rings. The van der Waals surface area contributed by atoms with Gasteiger partial charge in [0.25, 0.3) is 5.91 Å². The van der Waals surface area contributed by atoms with Gasteiger partial charge in [0.1, 0.15) is 11.6 Å². The molecule has 0 bridgehead atoms. The third-order valence-electron chi connectivity index (χ3n) is 4.11. The maximum absolute atomic E-state index is 13.7. The van der Waals surface area contributed by atoms with E-state index in [1.807, 2.05) is 0 Å². The first kappa shape index (κ1) is 18.6. The molecule has 1 N–H and O–H groups in total. The molecular formula is C20H20F2N4O. The van der Waals surface area contributed by atoms with Crippen molar-refractivity contribution in [2.24, 2.45) is 0 Å². The second-order valence-corrected chi connectivity index (χ2v) is 6.11. The van der Waals surface area contributed by atoms with Crippen LogP contribution in [-0.2, 0) is 0 Å². The number of benzene rings is 2. The molecule has 0 aliphatic carbocycles. The van der Waals surface area contributed by atoms with E-state index in [1.165, 1.54) is 22.9 Å². The zero-order chi connectivity index (χ0) is 19.2. The third-order valence-corrected chi connectivity index (χ3v) is 4.11. The van der Waals surface area contributed by atoms with E-state index in [4.69, 9.17) is 0 Å². The molecule has 0 aliphatic rings. The van der Waals surface area contributed by atoms with Crippen LogP contribution in [0.1, 0.15) is 16.9 Å². The predicted octanol–water partition coefficient (Wildman–Crippen LogP) is 3.41. The van der Waals surface area contributed by atoms with Crippen molar-refractivity contribution in [2.45, 2.75) is 6.42 Å². The van der Waals surface area contributed by atoms with Crippen molar-refractivity contribution >= 4 is 11.6 Å². The van der Waals surface area contributed by atoms with Crippen molar-refractivity contribution in [1.82, 2.24) is 15.1 Å². The van der Waals surface area contributed by atoms with Gasteiger partial charge in [0.2, 0.25) is 0 Å². The highest BCUT2D eigenvalue weighted by molar-refractivity contribution is 5.92. The summed E-state index contributed by atoms with van der Waals surface area (Å²) in [5, 5.41) is 6.96. The van der Waals surface area contributed by atoms with Crippen LogP contribution in [-0.4, -0.2) is 35.8 Å². The summed E-state index contributed by atoms with van der Waals surface area (Å²) in [5.41, 5.74) is 1.32. The van der Waals surface area contributed by atoms with Crippen LogP contribution in [0.5, 0.6) is 0 Å². The standard InChI is InChI=1S/C20H20F2N4O/c1-25(19-9-3-2-8-17(19)22)12-5-11-23-20(27)18-10-13-26(24-18)16-7-4-6-15(21)14-16/h2-4,6-10,13-14H,5,11-12H2,1H3,(H,23,27). The smallest absolute Gasteiger partial charge is 0.271 e. The van der Waals surface area contributed by atoms with Gasteiger partial charge in [-0.2, -0.15) is 5.10 Å². The summed E-state index contributed by atoms with van der Waals surface area (Å²) in [5.74, 6) is -0.946. The quantitative estimate of drug-likeness (QED) is 0.649. The molecule has 0 unspecified atom stereocenters. The largest absolute Gasteiger partial charge is 0.372 e. The highest BCUT2D eigenvalue weighted by Crippen LogP contribution is 2.16. The molecule has 27 heavy (non-hydrogen) atoms. The number of amides is 1.